The number of allylic oxidation sites excluding steroid dienone is 6. The van der Waals surface area contributed by atoms with Crippen LogP contribution in [0.4, 0.5) is 11.4 Å². The molecule has 2 aliphatic heterocycles. The second-order valence-corrected chi connectivity index (χ2v) is 19.5. The van der Waals surface area contributed by atoms with Gasteiger partial charge in [-0.25, -0.2) is 26.2 Å². The van der Waals surface area contributed by atoms with E-state index in [1.807, 2.05) is 61.2 Å². The van der Waals surface area contributed by atoms with Crippen LogP contribution in [0.25, 0.3) is 5.57 Å². The van der Waals surface area contributed by atoms with Gasteiger partial charge in [0.2, 0.25) is 0 Å². The average Bonchev–Trinajstić information content (AvgIpc) is 3.55. The smallest absolute Gasteiger partial charge is 0.748 e. The van der Waals surface area contributed by atoms with Crippen molar-refractivity contribution in [2.45, 2.75) is 89.4 Å². The fourth-order valence-electron chi connectivity index (χ4n) is 7.67. The van der Waals surface area contributed by atoms with Crippen LogP contribution < -0.4 is 159 Å². The molecule has 0 N–H and O–H groups in total. The van der Waals surface area contributed by atoms with Gasteiger partial charge in [-0.1, -0.05) is 83.5 Å². The summed E-state index contributed by atoms with van der Waals surface area (Å²) in [6, 6.07) is 20.7. The minimum absolute atomic E-state index is 0. The zero-order valence-electron chi connectivity index (χ0n) is 39.2. The van der Waals surface area contributed by atoms with Gasteiger partial charge < -0.3 is 18.7 Å². The average molecular weight is 1040 g/mol. The van der Waals surface area contributed by atoms with E-state index in [9.17, 15) is 35.5 Å². The number of ketones is 1. The molecule has 0 atom stereocenters. The molecule has 0 saturated carbocycles. The number of ether oxygens (including phenoxy) is 1. The third kappa shape index (κ3) is 17.4. The Labute approximate surface area is 518 Å². The number of Topliss-reactive ketones (excluding diaryl/α,β-unsaturated/α-hetero) is 1. The van der Waals surface area contributed by atoms with Gasteiger partial charge in [-0.15, -0.1) is 18.7 Å². The minimum Gasteiger partial charge on any atom is -0.748 e. The first-order valence-electron chi connectivity index (χ1n) is 20.2. The molecule has 3 aromatic carbocycles. The summed E-state index contributed by atoms with van der Waals surface area (Å²) in [6.45, 7) is 16.5. The fourth-order valence-corrected chi connectivity index (χ4v) is 8.65. The van der Waals surface area contributed by atoms with Crippen molar-refractivity contribution in [2.75, 3.05) is 30.3 Å². The number of nitrogens with zero attached hydrogens (tertiary/aromatic N) is 2. The Hall–Kier alpha value is -0.421. The van der Waals surface area contributed by atoms with Crippen LogP contribution >= 0.6 is 0 Å². The molecule has 0 bridgehead atoms. The summed E-state index contributed by atoms with van der Waals surface area (Å²) in [4.78, 5) is 26.4. The number of esters is 1. The molecule has 0 aromatic heterocycles. The van der Waals surface area contributed by atoms with Crippen LogP contribution in [0.15, 0.2) is 108 Å². The van der Waals surface area contributed by atoms with Crippen LogP contribution in [-0.4, -0.2) is 86.1 Å². The summed E-state index contributed by atoms with van der Waals surface area (Å²) in [7, 11) is -12.4. The van der Waals surface area contributed by atoms with Gasteiger partial charge in [0, 0.05) is 64.6 Å². The standard InChI is InChI=1S/C46H54N2O9S2.3K.O3S/c1-8-9-27-47-39-15-11-10-14-37(39)45(4,5)42(47)25-21-34(33-17-19-35(20-18-33)41(49)16-12-29-57-44(50)32(2)3)22-26-43-46(6,7)38-31-36(59(54,55)56)23-24-40(38)48(43)28-13-30-58(51,52)53;;;;1-4(2)3/h11,14-15,17-26,31H,2,8-9,12-13,16,27-30H2,1,3-7H3,(H,51,52,53)(H,54,55,56);;;;/q;3*+1;/p-2. The Kier molecular flexibility index (Phi) is 27.0. The van der Waals surface area contributed by atoms with Crippen molar-refractivity contribution in [3.05, 3.63) is 131 Å². The third-order valence-corrected chi connectivity index (χ3v) is 12.5. The van der Waals surface area contributed by atoms with Gasteiger partial charge in [0.1, 0.15) is 22.4 Å². The number of fused-ring (bicyclic) bond motifs is 2. The Balaban J connectivity index is 0.00000299. The predicted octanol–water partition coefficient (Wildman–Crippen LogP) is -2.09. The molecule has 2 aliphatic rings. The maximum Gasteiger partial charge on any atom is 1.00 e. The number of unbranched alkanes of at least 4 members (excludes halogenated alkanes) is 1. The van der Waals surface area contributed by atoms with Gasteiger partial charge in [-0.2, -0.15) is 18.2 Å². The van der Waals surface area contributed by atoms with Crippen LogP contribution in [0.3, 0.4) is 0 Å². The number of benzene rings is 3. The van der Waals surface area contributed by atoms with Crippen molar-refractivity contribution in [1.82, 2.24) is 0 Å². The number of anilines is 1. The monoisotopic (exact) mass is 1040 g/mol. The number of carbonyl (C=O) groups excluding carboxylic acids is 2. The van der Waals surface area contributed by atoms with E-state index in [-0.39, 0.29) is 196 Å². The van der Waals surface area contributed by atoms with Crippen LogP contribution in [0, 0.1) is 6.07 Å². The van der Waals surface area contributed by atoms with Crippen molar-refractivity contribution in [1.29, 1.82) is 0 Å². The van der Waals surface area contributed by atoms with E-state index in [2.05, 4.69) is 50.1 Å². The molecular weight excluding hydrogens is 986 g/mol. The summed E-state index contributed by atoms with van der Waals surface area (Å²) in [6.07, 6.45) is 10.5. The largest absolute Gasteiger partial charge is 1.00 e. The maximum atomic E-state index is 13.1. The first-order valence-corrected chi connectivity index (χ1v) is 24.2. The molecule has 0 radical (unpaired) electrons. The fraction of sp³-hybridized carbons (Fsp3) is 0.370. The molecule has 0 unspecified atom stereocenters. The van der Waals surface area contributed by atoms with Gasteiger partial charge in [-0.3, -0.25) is 4.79 Å². The second-order valence-electron chi connectivity index (χ2n) is 16.2. The van der Waals surface area contributed by atoms with Crippen molar-refractivity contribution < 1.29 is 212 Å². The Morgan fingerprint density at radius 3 is 2.09 bits per heavy atom. The number of hydrogen-bond donors (Lipinski definition) is 0. The Morgan fingerprint density at radius 1 is 0.894 bits per heavy atom. The third-order valence-electron chi connectivity index (χ3n) is 10.9. The molecule has 20 heteroatoms. The van der Waals surface area contributed by atoms with E-state index in [4.69, 9.17) is 17.4 Å². The summed E-state index contributed by atoms with van der Waals surface area (Å²) in [5, 5.41) is 0. The molecule has 0 fully saturated rings. The zero-order chi connectivity index (χ0) is 46.9. The van der Waals surface area contributed by atoms with Gasteiger partial charge in [-0.05, 0) is 66.8 Å². The molecule has 0 amide bonds. The van der Waals surface area contributed by atoms with Crippen molar-refractivity contribution >= 4 is 65.3 Å². The summed E-state index contributed by atoms with van der Waals surface area (Å²) in [5.74, 6) is -1.18. The summed E-state index contributed by atoms with van der Waals surface area (Å²) >= 11 is 0. The van der Waals surface area contributed by atoms with Crippen LogP contribution in [0.1, 0.15) is 101 Å². The number of carbonyl (C=O) groups is 2. The quantitative estimate of drug-likeness (QED) is 0.0154. The molecule has 3 aromatic rings. The molecule has 0 saturated heterocycles. The maximum absolute atomic E-state index is 13.1. The van der Waals surface area contributed by atoms with E-state index >= 15 is 0 Å². The van der Waals surface area contributed by atoms with Gasteiger partial charge in [0.05, 0.1) is 21.6 Å². The molecule has 338 valence electrons. The minimum atomic E-state index is -4.77. The summed E-state index contributed by atoms with van der Waals surface area (Å²) in [5.41, 5.74) is 6.44. The first kappa shape index (κ1) is 63.6. The predicted molar refractivity (Wildman–Crippen MR) is 238 cm³/mol. The van der Waals surface area contributed by atoms with Gasteiger partial charge in [0.15, 0.2) is 11.5 Å². The second kappa shape index (κ2) is 28.0. The number of rotatable bonds is 18. The van der Waals surface area contributed by atoms with E-state index in [0.717, 1.165) is 41.9 Å². The molecule has 66 heavy (non-hydrogen) atoms. The molecule has 0 aliphatic carbocycles. The molecular formula is C46H52K3N2O12S3+. The molecule has 5 rings (SSSR count). The van der Waals surface area contributed by atoms with E-state index < -0.39 is 48.0 Å². The molecule has 14 nitrogen and oxygen atoms in total. The van der Waals surface area contributed by atoms with E-state index in [0.29, 0.717) is 34.5 Å². The first-order chi connectivity index (χ1) is 29.4. The Bertz CT molecular complexity index is 2720. The normalized spacial score (nSPS) is 15.4. The van der Waals surface area contributed by atoms with Gasteiger partial charge >= 0.3 is 171 Å². The van der Waals surface area contributed by atoms with Crippen molar-refractivity contribution in [3.63, 3.8) is 0 Å². The zero-order valence-corrected chi connectivity index (χ0v) is 51.0. The summed E-state index contributed by atoms with van der Waals surface area (Å²) < 4.78 is 104. The Morgan fingerprint density at radius 2 is 1.52 bits per heavy atom. The SMILES string of the molecule is C=C(C)C(=O)OCCCC(=O)c1ccc(C(=C\C=C2/N(CCCS(=O)(=O)[O-])c3ccc(S(=O)(=O)[O-])cc3C2(C)C)/C=C/C2=[N+](CCCC)c3cc[c-]cc3C2(C)C)cc1.O=S(=O)=O.[K+].[K+].[K+]. The number of hydrogen-bond acceptors (Lipinski definition) is 13. The van der Waals surface area contributed by atoms with Gasteiger partial charge in [0.25, 0.3) is 0 Å². The topological polar surface area (TPSA) is 215 Å². The van der Waals surface area contributed by atoms with Crippen LogP contribution in [0.5, 0.6) is 0 Å². The van der Waals surface area contributed by atoms with Crippen molar-refractivity contribution in [2.24, 2.45) is 0 Å². The van der Waals surface area contributed by atoms with Crippen LogP contribution in [-0.2, 0) is 51.2 Å². The van der Waals surface area contributed by atoms with Crippen LogP contribution in [0.2, 0.25) is 0 Å². The molecule has 0 spiro atoms. The molecule has 2 heterocycles. The van der Waals surface area contributed by atoms with Crippen molar-refractivity contribution in [3.8, 4) is 0 Å². The van der Waals surface area contributed by atoms with E-state index in [1.165, 1.54) is 23.8 Å². The van der Waals surface area contributed by atoms with E-state index in [1.54, 1.807) is 19.1 Å².